The molecule has 3 unspecified atom stereocenters. The lowest BCUT2D eigenvalue weighted by molar-refractivity contribution is -0.245. The third kappa shape index (κ3) is 7.49. The van der Waals surface area contributed by atoms with Gasteiger partial charge in [0.05, 0.1) is 29.0 Å². The first-order valence-corrected chi connectivity index (χ1v) is 16.6. The molecule has 3 N–H and O–H groups in total. The normalized spacial score (nSPS) is 18.3. The fraction of sp³-hybridized carbons (Fsp3) is 0.257. The SMILES string of the molecule is CCNC(=O)NCc1cccc(-c2ccc(C3OC(CSc4nc5ccccc5s4)CC(c4ccc(CO)cc4)O3)cc2)c1. The molecule has 1 aliphatic rings. The van der Waals surface area contributed by atoms with Crippen molar-refractivity contribution in [1.29, 1.82) is 0 Å². The summed E-state index contributed by atoms with van der Waals surface area (Å²) in [4.78, 5) is 16.6. The van der Waals surface area contributed by atoms with Crippen molar-refractivity contribution in [1.82, 2.24) is 15.6 Å². The largest absolute Gasteiger partial charge is 0.392 e. The van der Waals surface area contributed by atoms with Crippen molar-refractivity contribution in [2.75, 3.05) is 12.3 Å². The van der Waals surface area contributed by atoms with Crippen molar-refractivity contribution in [2.24, 2.45) is 0 Å². The zero-order chi connectivity index (χ0) is 30.3. The van der Waals surface area contributed by atoms with Crippen molar-refractivity contribution < 1.29 is 19.4 Å². The molecule has 0 aliphatic carbocycles. The van der Waals surface area contributed by atoms with Gasteiger partial charge in [-0.3, -0.25) is 0 Å². The average Bonchev–Trinajstić information content (AvgIpc) is 3.50. The van der Waals surface area contributed by atoms with E-state index in [4.69, 9.17) is 14.5 Å². The molecule has 3 atom stereocenters. The number of fused-ring (bicyclic) bond motifs is 1. The first-order chi connectivity index (χ1) is 21.6. The van der Waals surface area contributed by atoms with E-state index in [2.05, 4.69) is 53.1 Å². The van der Waals surface area contributed by atoms with E-state index < -0.39 is 6.29 Å². The summed E-state index contributed by atoms with van der Waals surface area (Å²) in [6.07, 6.45) is 0.0226. The number of thioether (sulfide) groups is 1. The lowest BCUT2D eigenvalue weighted by Crippen LogP contribution is -2.34. The summed E-state index contributed by atoms with van der Waals surface area (Å²) in [5, 5.41) is 15.2. The molecule has 2 heterocycles. The number of carbonyl (C=O) groups is 1. The molecule has 9 heteroatoms. The quantitative estimate of drug-likeness (QED) is 0.138. The van der Waals surface area contributed by atoms with Crippen LogP contribution < -0.4 is 10.6 Å². The minimum Gasteiger partial charge on any atom is -0.392 e. The Balaban J connectivity index is 1.18. The van der Waals surface area contributed by atoms with Gasteiger partial charge in [0.15, 0.2) is 10.6 Å². The second kappa shape index (κ2) is 14.4. The van der Waals surface area contributed by atoms with Crippen LogP contribution in [0.5, 0.6) is 0 Å². The monoisotopic (exact) mass is 625 g/mol. The third-order valence-electron chi connectivity index (χ3n) is 7.52. The van der Waals surface area contributed by atoms with Crippen molar-refractivity contribution in [3.05, 3.63) is 119 Å². The van der Waals surface area contributed by atoms with Gasteiger partial charge in [-0.05, 0) is 52.9 Å². The number of carbonyl (C=O) groups excluding carboxylic acids is 1. The van der Waals surface area contributed by atoms with Gasteiger partial charge in [-0.25, -0.2) is 9.78 Å². The number of nitrogens with one attached hydrogen (secondary N) is 2. The molecule has 0 bridgehead atoms. The molecule has 0 saturated carbocycles. The Labute approximate surface area is 265 Å². The highest BCUT2D eigenvalue weighted by Gasteiger charge is 2.32. The second-order valence-electron chi connectivity index (χ2n) is 10.6. The fourth-order valence-corrected chi connectivity index (χ4v) is 7.31. The van der Waals surface area contributed by atoms with E-state index in [1.54, 1.807) is 23.1 Å². The first-order valence-electron chi connectivity index (χ1n) is 14.8. The summed E-state index contributed by atoms with van der Waals surface area (Å²) < 4.78 is 15.3. The van der Waals surface area contributed by atoms with Gasteiger partial charge >= 0.3 is 6.03 Å². The van der Waals surface area contributed by atoms with Gasteiger partial charge in [0.2, 0.25) is 0 Å². The summed E-state index contributed by atoms with van der Waals surface area (Å²) in [7, 11) is 0. The molecule has 0 spiro atoms. The summed E-state index contributed by atoms with van der Waals surface area (Å²) in [5.41, 5.74) is 7.10. The molecular formula is C35H35N3O4S2. The molecule has 7 nitrogen and oxygen atoms in total. The maximum absolute atomic E-state index is 11.8. The second-order valence-corrected chi connectivity index (χ2v) is 12.9. The standard InChI is InChI=1S/C35H35N3O4S2/c1-2-36-34(40)37-20-24-6-5-7-28(18-24)25-14-16-27(17-15-25)33-41-29(19-31(42-33)26-12-10-23(21-39)11-13-26)22-43-35-38-30-8-3-4-9-32(30)44-35/h3-18,29,31,33,39H,2,19-22H2,1H3,(H2,36,37,40). The molecule has 44 heavy (non-hydrogen) atoms. The van der Waals surface area contributed by atoms with Crippen molar-refractivity contribution in [3.63, 3.8) is 0 Å². The summed E-state index contributed by atoms with van der Waals surface area (Å²) in [6, 6.07) is 32.5. The number of rotatable bonds is 10. The number of benzene rings is 4. The molecule has 1 fully saturated rings. The molecule has 0 radical (unpaired) electrons. The lowest BCUT2D eigenvalue weighted by atomic mass is 9.99. The Bertz CT molecular complexity index is 1660. The molecule has 1 saturated heterocycles. The topological polar surface area (TPSA) is 92.7 Å². The van der Waals surface area contributed by atoms with Crippen LogP contribution in [0.25, 0.3) is 21.3 Å². The molecule has 2 amide bonds. The average molecular weight is 626 g/mol. The molecule has 226 valence electrons. The van der Waals surface area contributed by atoms with Gasteiger partial charge in [-0.1, -0.05) is 90.6 Å². The van der Waals surface area contributed by atoms with Gasteiger partial charge < -0.3 is 25.2 Å². The maximum Gasteiger partial charge on any atom is 0.315 e. The number of hydrogen-bond donors (Lipinski definition) is 3. The number of para-hydroxylation sites is 1. The molecule has 1 aromatic heterocycles. The predicted octanol–water partition coefficient (Wildman–Crippen LogP) is 7.61. The number of nitrogens with zero attached hydrogens (tertiary/aromatic N) is 1. The minimum absolute atomic E-state index is 0.0128. The number of aliphatic hydroxyl groups excluding tert-OH is 1. The van der Waals surface area contributed by atoms with Gasteiger partial charge in [-0.15, -0.1) is 11.3 Å². The van der Waals surface area contributed by atoms with E-state index in [0.29, 0.717) is 13.1 Å². The highest BCUT2D eigenvalue weighted by Crippen LogP contribution is 2.40. The summed E-state index contributed by atoms with van der Waals surface area (Å²) >= 11 is 3.44. The number of urea groups is 1. The number of amides is 2. The third-order valence-corrected chi connectivity index (χ3v) is 9.83. The van der Waals surface area contributed by atoms with E-state index in [9.17, 15) is 9.90 Å². The van der Waals surface area contributed by atoms with Crippen LogP contribution in [0, 0.1) is 0 Å². The summed E-state index contributed by atoms with van der Waals surface area (Å²) in [5.74, 6) is 0.764. The van der Waals surface area contributed by atoms with Gasteiger partial charge in [-0.2, -0.15) is 0 Å². The predicted molar refractivity (Wildman–Crippen MR) is 177 cm³/mol. The van der Waals surface area contributed by atoms with Gasteiger partial charge in [0.1, 0.15) is 0 Å². The molecule has 5 aromatic rings. The highest BCUT2D eigenvalue weighted by atomic mass is 32.2. The number of ether oxygens (including phenoxy) is 2. The number of thiazole rings is 1. The molecule has 6 rings (SSSR count). The van der Waals surface area contributed by atoms with Crippen LogP contribution in [-0.4, -0.2) is 34.5 Å². The minimum atomic E-state index is -0.520. The van der Waals surface area contributed by atoms with Crippen LogP contribution in [0.2, 0.25) is 0 Å². The van der Waals surface area contributed by atoms with E-state index >= 15 is 0 Å². The van der Waals surface area contributed by atoms with Crippen LogP contribution >= 0.6 is 23.1 Å². The van der Waals surface area contributed by atoms with E-state index in [-0.39, 0.29) is 24.8 Å². The molecule has 4 aromatic carbocycles. The molecular weight excluding hydrogens is 591 g/mol. The number of aliphatic hydroxyl groups is 1. The first kappa shape index (κ1) is 30.3. The maximum atomic E-state index is 11.8. The van der Waals surface area contributed by atoms with Crippen LogP contribution in [-0.2, 0) is 22.6 Å². The Morgan fingerprint density at radius 2 is 1.70 bits per heavy atom. The Morgan fingerprint density at radius 1 is 0.909 bits per heavy atom. The van der Waals surface area contributed by atoms with Gasteiger partial charge in [0.25, 0.3) is 0 Å². The number of aromatic nitrogens is 1. The van der Waals surface area contributed by atoms with Gasteiger partial charge in [0, 0.05) is 30.8 Å². The van der Waals surface area contributed by atoms with Crippen LogP contribution in [0.1, 0.15) is 48.0 Å². The Hall–Kier alpha value is -3.73. The Kier molecular flexibility index (Phi) is 9.89. The number of hydrogen-bond acceptors (Lipinski definition) is 7. The van der Waals surface area contributed by atoms with Crippen molar-refractivity contribution >= 4 is 39.3 Å². The Morgan fingerprint density at radius 3 is 2.48 bits per heavy atom. The zero-order valence-electron chi connectivity index (χ0n) is 24.4. The smallest absolute Gasteiger partial charge is 0.315 e. The van der Waals surface area contributed by atoms with Crippen LogP contribution in [0.3, 0.4) is 0 Å². The molecule has 1 aliphatic heterocycles. The van der Waals surface area contributed by atoms with Crippen LogP contribution in [0.15, 0.2) is 101 Å². The fourth-order valence-electron chi connectivity index (χ4n) is 5.20. The van der Waals surface area contributed by atoms with Crippen molar-refractivity contribution in [3.8, 4) is 11.1 Å². The van der Waals surface area contributed by atoms with E-state index in [1.807, 2.05) is 61.5 Å². The highest BCUT2D eigenvalue weighted by molar-refractivity contribution is 8.01. The summed E-state index contributed by atoms with van der Waals surface area (Å²) in [6.45, 7) is 2.95. The van der Waals surface area contributed by atoms with E-state index in [0.717, 1.165) is 55.4 Å². The zero-order valence-corrected chi connectivity index (χ0v) is 26.1. The van der Waals surface area contributed by atoms with Crippen LogP contribution in [0.4, 0.5) is 4.79 Å². The van der Waals surface area contributed by atoms with Crippen molar-refractivity contribution in [2.45, 2.75) is 49.3 Å². The van der Waals surface area contributed by atoms with E-state index in [1.165, 1.54) is 4.70 Å². The lowest BCUT2D eigenvalue weighted by Gasteiger charge is -2.36.